The molecule has 0 aliphatic rings. The first-order valence-corrected chi connectivity index (χ1v) is 6.94. The van der Waals surface area contributed by atoms with Gasteiger partial charge in [0, 0.05) is 12.6 Å². The van der Waals surface area contributed by atoms with E-state index in [9.17, 15) is 10.1 Å². The maximum Gasteiger partial charge on any atom is 0.309 e. The van der Waals surface area contributed by atoms with E-state index >= 15 is 0 Å². The van der Waals surface area contributed by atoms with Gasteiger partial charge >= 0.3 is 5.69 Å². The summed E-state index contributed by atoms with van der Waals surface area (Å²) in [6, 6.07) is 6.75. The number of benzene rings is 1. The zero-order chi connectivity index (χ0) is 16.0. The Morgan fingerprint density at radius 2 is 2.10 bits per heavy atom. The van der Waals surface area contributed by atoms with Crippen LogP contribution in [0.1, 0.15) is 25.8 Å². The van der Waals surface area contributed by atoms with Gasteiger partial charge in [-0.3, -0.25) is 10.1 Å². The second-order valence-electron chi connectivity index (χ2n) is 5.80. The van der Waals surface area contributed by atoms with Crippen molar-refractivity contribution < 1.29 is 4.92 Å². The Morgan fingerprint density at radius 3 is 2.57 bits per heavy atom. The molecule has 0 aliphatic heterocycles. The molecule has 0 saturated carbocycles. The molecule has 1 rings (SSSR count). The highest BCUT2D eigenvalue weighted by Gasteiger charge is 2.22. The van der Waals surface area contributed by atoms with E-state index in [1.165, 1.54) is 6.07 Å². The molecular formula is C15H22N4O2. The van der Waals surface area contributed by atoms with E-state index in [1.54, 1.807) is 12.1 Å². The molecule has 114 valence electrons. The standard InChI is InChI=1S/C15H22N4O2/c1-11(2)8-13(10-18(3)4)17-14-7-5-6-12(9-16)15(14)19(20)21/h5-7,11,13,17H,8,10H2,1-4H3. The topological polar surface area (TPSA) is 82.2 Å². The fourth-order valence-corrected chi connectivity index (χ4v) is 2.36. The van der Waals surface area contributed by atoms with Crippen molar-refractivity contribution in [2.45, 2.75) is 26.3 Å². The zero-order valence-corrected chi connectivity index (χ0v) is 13.0. The third-order valence-corrected chi connectivity index (χ3v) is 3.04. The highest BCUT2D eigenvalue weighted by atomic mass is 16.6. The maximum absolute atomic E-state index is 11.2. The summed E-state index contributed by atoms with van der Waals surface area (Å²) in [5.41, 5.74) is 0.345. The number of nitro groups is 1. The number of hydrogen-bond donors (Lipinski definition) is 1. The molecule has 0 fully saturated rings. The highest BCUT2D eigenvalue weighted by molar-refractivity contribution is 5.68. The van der Waals surface area contributed by atoms with E-state index in [1.807, 2.05) is 25.1 Å². The summed E-state index contributed by atoms with van der Waals surface area (Å²) in [6.07, 6.45) is 0.895. The van der Waals surface area contributed by atoms with Crippen molar-refractivity contribution in [2.75, 3.05) is 26.0 Å². The fraction of sp³-hybridized carbons (Fsp3) is 0.533. The third-order valence-electron chi connectivity index (χ3n) is 3.04. The summed E-state index contributed by atoms with van der Waals surface area (Å²) in [5.74, 6) is 0.473. The molecule has 1 aromatic carbocycles. The molecule has 0 aromatic heterocycles. The quantitative estimate of drug-likeness (QED) is 0.616. The van der Waals surface area contributed by atoms with Crippen LogP contribution in [0.5, 0.6) is 0 Å². The first-order valence-electron chi connectivity index (χ1n) is 6.94. The average Bonchev–Trinajstić information content (AvgIpc) is 2.36. The van der Waals surface area contributed by atoms with E-state index < -0.39 is 4.92 Å². The lowest BCUT2D eigenvalue weighted by Gasteiger charge is -2.24. The number of likely N-dealkylation sites (N-methyl/N-ethyl adjacent to an activating group) is 1. The number of hydrogen-bond acceptors (Lipinski definition) is 5. The van der Waals surface area contributed by atoms with Crippen LogP contribution >= 0.6 is 0 Å². The summed E-state index contributed by atoms with van der Waals surface area (Å²) in [5, 5.41) is 23.5. The lowest BCUT2D eigenvalue weighted by Crippen LogP contribution is -2.33. The fourth-order valence-electron chi connectivity index (χ4n) is 2.36. The molecule has 1 unspecified atom stereocenters. The van der Waals surface area contributed by atoms with Crippen molar-refractivity contribution in [2.24, 2.45) is 5.92 Å². The predicted molar refractivity (Wildman–Crippen MR) is 83.2 cm³/mol. The maximum atomic E-state index is 11.2. The van der Waals surface area contributed by atoms with Crippen molar-refractivity contribution in [1.82, 2.24) is 4.90 Å². The van der Waals surface area contributed by atoms with Gasteiger partial charge in [-0.1, -0.05) is 19.9 Å². The molecule has 6 heteroatoms. The normalized spacial score (nSPS) is 12.2. The van der Waals surface area contributed by atoms with Gasteiger partial charge in [0.2, 0.25) is 0 Å². The van der Waals surface area contributed by atoms with Gasteiger partial charge in [0.15, 0.2) is 0 Å². The van der Waals surface area contributed by atoms with E-state index in [2.05, 4.69) is 19.2 Å². The number of rotatable bonds is 7. The van der Waals surface area contributed by atoms with Gasteiger partial charge in [-0.2, -0.15) is 5.26 Å². The number of nitro benzene ring substituents is 1. The SMILES string of the molecule is CC(C)CC(CN(C)C)Nc1cccc(C#N)c1[N+](=O)[O-]. The second kappa shape index (κ2) is 7.60. The van der Waals surface area contributed by atoms with Crippen LogP contribution in [0.3, 0.4) is 0 Å². The van der Waals surface area contributed by atoms with Gasteiger partial charge in [0.25, 0.3) is 0 Å². The van der Waals surface area contributed by atoms with Gasteiger partial charge in [-0.15, -0.1) is 0 Å². The minimum Gasteiger partial charge on any atom is -0.375 e. The molecule has 21 heavy (non-hydrogen) atoms. The van der Waals surface area contributed by atoms with Crippen LogP contribution in [0.25, 0.3) is 0 Å². The number of nitrogens with zero attached hydrogens (tertiary/aromatic N) is 3. The number of nitrogens with one attached hydrogen (secondary N) is 1. The van der Waals surface area contributed by atoms with Crippen molar-refractivity contribution in [3.8, 4) is 6.07 Å². The van der Waals surface area contributed by atoms with Crippen molar-refractivity contribution in [3.63, 3.8) is 0 Å². The molecule has 0 saturated heterocycles. The lowest BCUT2D eigenvalue weighted by atomic mass is 10.0. The highest BCUT2D eigenvalue weighted by Crippen LogP contribution is 2.29. The smallest absolute Gasteiger partial charge is 0.309 e. The first-order chi connectivity index (χ1) is 9.85. The molecule has 1 aromatic rings. The number of nitriles is 1. The molecule has 0 heterocycles. The van der Waals surface area contributed by atoms with Gasteiger partial charge in [0.1, 0.15) is 17.3 Å². The summed E-state index contributed by atoms with van der Waals surface area (Å²) in [6.45, 7) is 5.00. The molecule has 0 amide bonds. The molecule has 0 aliphatic carbocycles. The monoisotopic (exact) mass is 290 g/mol. The van der Waals surface area contributed by atoms with Gasteiger partial charge in [0.05, 0.1) is 4.92 Å². The van der Waals surface area contributed by atoms with Crippen LogP contribution in [0.15, 0.2) is 18.2 Å². The lowest BCUT2D eigenvalue weighted by molar-refractivity contribution is -0.384. The summed E-state index contributed by atoms with van der Waals surface area (Å²) in [4.78, 5) is 12.8. The third kappa shape index (κ3) is 5.04. The van der Waals surface area contributed by atoms with Gasteiger partial charge in [-0.25, -0.2) is 0 Å². The van der Waals surface area contributed by atoms with Crippen LogP contribution in [0.4, 0.5) is 11.4 Å². The summed E-state index contributed by atoms with van der Waals surface area (Å²) >= 11 is 0. The molecular weight excluding hydrogens is 268 g/mol. The van der Waals surface area contributed by atoms with Crippen LogP contribution in [-0.2, 0) is 0 Å². The minimum atomic E-state index is -0.497. The molecule has 1 N–H and O–H groups in total. The van der Waals surface area contributed by atoms with Crippen molar-refractivity contribution in [1.29, 1.82) is 5.26 Å². The Morgan fingerprint density at radius 1 is 1.43 bits per heavy atom. The van der Waals surface area contributed by atoms with Gasteiger partial charge in [-0.05, 0) is 38.6 Å². The van der Waals surface area contributed by atoms with E-state index in [-0.39, 0.29) is 17.3 Å². The molecule has 1 atom stereocenters. The Labute approximate surface area is 125 Å². The van der Waals surface area contributed by atoms with E-state index in [0.29, 0.717) is 11.6 Å². The number of anilines is 1. The Balaban J connectivity index is 3.08. The van der Waals surface area contributed by atoms with Crippen molar-refractivity contribution in [3.05, 3.63) is 33.9 Å². The van der Waals surface area contributed by atoms with Crippen LogP contribution in [0, 0.1) is 27.4 Å². The molecule has 6 nitrogen and oxygen atoms in total. The average molecular weight is 290 g/mol. The van der Waals surface area contributed by atoms with E-state index in [4.69, 9.17) is 5.26 Å². The van der Waals surface area contributed by atoms with Gasteiger partial charge < -0.3 is 10.2 Å². The Kier molecular flexibility index (Phi) is 6.12. The van der Waals surface area contributed by atoms with E-state index in [0.717, 1.165) is 13.0 Å². The Bertz CT molecular complexity index is 525. The largest absolute Gasteiger partial charge is 0.375 e. The van der Waals surface area contributed by atoms with Crippen LogP contribution in [-0.4, -0.2) is 36.5 Å². The summed E-state index contributed by atoms with van der Waals surface area (Å²) < 4.78 is 0. The molecule has 0 spiro atoms. The molecule has 0 radical (unpaired) electrons. The minimum absolute atomic E-state index is 0.0816. The predicted octanol–water partition coefficient (Wildman–Crippen LogP) is 2.85. The Hall–Kier alpha value is -2.13. The van der Waals surface area contributed by atoms with Crippen LogP contribution in [0.2, 0.25) is 0 Å². The zero-order valence-electron chi connectivity index (χ0n) is 13.0. The summed E-state index contributed by atoms with van der Waals surface area (Å²) in [7, 11) is 3.93. The van der Waals surface area contributed by atoms with Crippen molar-refractivity contribution >= 4 is 11.4 Å². The number of para-hydroxylation sites is 1. The second-order valence-corrected chi connectivity index (χ2v) is 5.80. The molecule has 0 bridgehead atoms. The first kappa shape index (κ1) is 16.9. The van der Waals surface area contributed by atoms with Crippen LogP contribution < -0.4 is 5.32 Å².